The predicted octanol–water partition coefficient (Wildman–Crippen LogP) is 8.73. The Morgan fingerprint density at radius 2 is 1.65 bits per heavy atom. The Morgan fingerprint density at radius 3 is 2.39 bits per heavy atom. The molecule has 9 nitrogen and oxygen atoms in total. The molecule has 5 aromatic rings. The number of thiophene rings is 1. The summed E-state index contributed by atoms with van der Waals surface area (Å²) in [6, 6.07) is 33.3. The number of hydrogen-bond acceptors (Lipinski definition) is 8. The van der Waals surface area contributed by atoms with Crippen molar-refractivity contribution >= 4 is 63.6 Å². The molecule has 0 saturated carbocycles. The summed E-state index contributed by atoms with van der Waals surface area (Å²) in [6.45, 7) is 3.80. The first-order valence-corrected chi connectivity index (χ1v) is 19.4. The first kappa shape index (κ1) is 38.1. The van der Waals surface area contributed by atoms with E-state index in [1.807, 2.05) is 30.3 Å². The highest BCUT2D eigenvalue weighted by atomic mass is 32.2. The van der Waals surface area contributed by atoms with Gasteiger partial charge in [0.1, 0.15) is 16.4 Å². The fraction of sp³-hybridized carbons (Fsp3) is 0.209. The van der Waals surface area contributed by atoms with Crippen molar-refractivity contribution < 1.29 is 28.7 Å². The second-order valence-corrected chi connectivity index (χ2v) is 15.2. The Hall–Kier alpha value is -5.65. The highest BCUT2D eigenvalue weighted by molar-refractivity contribution is 8.00. The maximum atomic E-state index is 13.7. The Bertz CT molecular complexity index is 2170. The average molecular weight is 760 g/mol. The molecule has 1 aromatic heterocycles. The number of carbonyl (C=O) groups is 4. The summed E-state index contributed by atoms with van der Waals surface area (Å²) in [5.74, 6) is -0.701. The molecule has 0 radical (unpaired) electrons. The van der Waals surface area contributed by atoms with Crippen molar-refractivity contribution in [3.63, 3.8) is 0 Å². The molecule has 3 amide bonds. The third-order valence-corrected chi connectivity index (χ3v) is 11.2. The minimum absolute atomic E-state index is 0.0362. The zero-order chi connectivity index (χ0) is 38.0. The van der Waals surface area contributed by atoms with Crippen molar-refractivity contribution in [1.82, 2.24) is 5.32 Å². The SMILES string of the molecule is CCOC(=O)c1c(NC(=O)C(C)Sc2cccc(NC(=O)/C(=C/c3cccc(OC)c3)NC(=O)c3ccccc3)c2)sc2c1CCC(c1ccccc1)C2. The first-order chi connectivity index (χ1) is 26.2. The van der Waals surface area contributed by atoms with Crippen LogP contribution < -0.4 is 20.7 Å². The van der Waals surface area contributed by atoms with Gasteiger partial charge in [0.05, 0.1) is 24.5 Å². The summed E-state index contributed by atoms with van der Waals surface area (Å²) in [5, 5.41) is 8.65. The summed E-state index contributed by atoms with van der Waals surface area (Å²) in [7, 11) is 1.56. The zero-order valence-corrected chi connectivity index (χ0v) is 31.9. The number of anilines is 2. The van der Waals surface area contributed by atoms with Crippen molar-refractivity contribution in [2.45, 2.75) is 49.2 Å². The van der Waals surface area contributed by atoms with E-state index in [0.29, 0.717) is 39.0 Å². The van der Waals surface area contributed by atoms with Crippen LogP contribution in [0.4, 0.5) is 10.7 Å². The van der Waals surface area contributed by atoms with E-state index in [-0.39, 0.29) is 18.2 Å². The van der Waals surface area contributed by atoms with E-state index >= 15 is 0 Å². The van der Waals surface area contributed by atoms with E-state index in [1.165, 1.54) is 28.7 Å². The fourth-order valence-corrected chi connectivity index (χ4v) is 8.50. The molecule has 54 heavy (non-hydrogen) atoms. The van der Waals surface area contributed by atoms with Crippen LogP contribution in [0.3, 0.4) is 0 Å². The van der Waals surface area contributed by atoms with Gasteiger partial charge in [-0.3, -0.25) is 14.4 Å². The predicted molar refractivity (Wildman–Crippen MR) is 215 cm³/mol. The highest BCUT2D eigenvalue weighted by Gasteiger charge is 2.31. The van der Waals surface area contributed by atoms with Gasteiger partial charge in [-0.1, -0.05) is 66.7 Å². The normalized spacial score (nSPS) is 14.3. The smallest absolute Gasteiger partial charge is 0.341 e. The van der Waals surface area contributed by atoms with Gasteiger partial charge in [-0.25, -0.2) is 4.79 Å². The molecule has 4 aromatic carbocycles. The molecule has 2 atom stereocenters. The summed E-state index contributed by atoms with van der Waals surface area (Å²) in [4.78, 5) is 55.4. The second-order valence-electron chi connectivity index (χ2n) is 12.7. The lowest BCUT2D eigenvalue weighted by molar-refractivity contribution is -0.115. The second kappa shape index (κ2) is 17.9. The zero-order valence-electron chi connectivity index (χ0n) is 30.2. The standard InChI is InChI=1S/C43H41N3O6S2/c1-4-52-43(50)38-35-22-21-31(29-14-7-5-8-15-29)25-37(35)54-42(38)46-39(47)27(2)53-34-20-12-18-32(26-34)44-41(49)36(24-28-13-11-19-33(23-28)51-3)45-40(48)30-16-9-6-10-17-30/h5-20,23-24,26-27,31H,4,21-22,25H2,1-3H3,(H,44,49)(H,45,48)(H,46,47)/b36-24-. The quantitative estimate of drug-likeness (QED) is 0.0624. The van der Waals surface area contributed by atoms with Crippen molar-refractivity contribution in [3.8, 4) is 5.75 Å². The van der Waals surface area contributed by atoms with E-state index in [1.54, 1.807) is 93.8 Å². The molecule has 0 saturated heterocycles. The molecule has 0 aliphatic heterocycles. The Labute approximate surface area is 323 Å². The van der Waals surface area contributed by atoms with Gasteiger partial charge in [0.25, 0.3) is 11.8 Å². The van der Waals surface area contributed by atoms with Crippen LogP contribution in [0.5, 0.6) is 5.75 Å². The molecular formula is C43H41N3O6S2. The summed E-state index contributed by atoms with van der Waals surface area (Å²) in [6.07, 6.45) is 4.01. The third kappa shape index (κ3) is 9.47. The lowest BCUT2D eigenvalue weighted by Crippen LogP contribution is -2.30. The van der Waals surface area contributed by atoms with Crippen LogP contribution in [0.15, 0.2) is 120 Å². The molecule has 3 N–H and O–H groups in total. The number of nitrogens with one attached hydrogen (secondary N) is 3. The third-order valence-electron chi connectivity index (χ3n) is 8.96. The molecule has 1 heterocycles. The van der Waals surface area contributed by atoms with Crippen LogP contribution in [0.1, 0.15) is 68.5 Å². The van der Waals surface area contributed by atoms with Gasteiger partial charge in [0.2, 0.25) is 5.91 Å². The topological polar surface area (TPSA) is 123 Å². The van der Waals surface area contributed by atoms with E-state index in [2.05, 4.69) is 28.1 Å². The summed E-state index contributed by atoms with van der Waals surface area (Å²) in [5.41, 5.74) is 4.26. The number of esters is 1. The molecule has 0 bridgehead atoms. The van der Waals surface area contributed by atoms with Gasteiger partial charge < -0.3 is 25.4 Å². The molecule has 1 aliphatic rings. The summed E-state index contributed by atoms with van der Waals surface area (Å²) >= 11 is 2.77. The Morgan fingerprint density at radius 1 is 0.907 bits per heavy atom. The van der Waals surface area contributed by atoms with Gasteiger partial charge in [-0.2, -0.15) is 0 Å². The van der Waals surface area contributed by atoms with Crippen LogP contribution in [-0.4, -0.2) is 42.7 Å². The van der Waals surface area contributed by atoms with Crippen molar-refractivity contribution in [2.75, 3.05) is 24.4 Å². The summed E-state index contributed by atoms with van der Waals surface area (Å²) < 4.78 is 10.8. The number of thioether (sulfide) groups is 1. The number of hydrogen-bond donors (Lipinski definition) is 3. The van der Waals surface area contributed by atoms with Crippen molar-refractivity contribution in [2.24, 2.45) is 0 Å². The molecule has 1 aliphatic carbocycles. The molecule has 276 valence electrons. The van der Waals surface area contributed by atoms with E-state index in [9.17, 15) is 19.2 Å². The van der Waals surface area contributed by atoms with Crippen LogP contribution in [0.25, 0.3) is 6.08 Å². The maximum absolute atomic E-state index is 13.7. The largest absolute Gasteiger partial charge is 0.497 e. The fourth-order valence-electron chi connectivity index (χ4n) is 6.26. The number of carbonyl (C=O) groups excluding carboxylic acids is 4. The lowest BCUT2D eigenvalue weighted by Gasteiger charge is -2.23. The number of ether oxygens (including phenoxy) is 2. The van der Waals surface area contributed by atoms with Gasteiger partial charge in [-0.15, -0.1) is 23.1 Å². The maximum Gasteiger partial charge on any atom is 0.341 e. The number of amides is 3. The number of rotatable bonds is 13. The molecule has 2 unspecified atom stereocenters. The van der Waals surface area contributed by atoms with Crippen LogP contribution >= 0.6 is 23.1 Å². The molecule has 0 fully saturated rings. The number of fused-ring (bicyclic) bond motifs is 1. The Kier molecular flexibility index (Phi) is 12.6. The monoisotopic (exact) mass is 759 g/mol. The molecular weight excluding hydrogens is 719 g/mol. The van der Waals surface area contributed by atoms with Crippen molar-refractivity contribution in [3.05, 3.63) is 148 Å². The number of methoxy groups -OCH3 is 1. The molecule has 6 rings (SSSR count). The van der Waals surface area contributed by atoms with E-state index in [4.69, 9.17) is 9.47 Å². The Balaban J connectivity index is 1.16. The number of benzene rings is 4. The van der Waals surface area contributed by atoms with Gasteiger partial charge >= 0.3 is 5.97 Å². The molecule has 11 heteroatoms. The minimum atomic E-state index is -0.545. The van der Waals surface area contributed by atoms with Crippen LogP contribution in [0.2, 0.25) is 0 Å². The van der Waals surface area contributed by atoms with E-state index in [0.717, 1.165) is 34.6 Å². The van der Waals surface area contributed by atoms with Gasteiger partial charge in [-0.05, 0) is 104 Å². The van der Waals surface area contributed by atoms with Crippen LogP contribution in [-0.2, 0) is 27.2 Å². The van der Waals surface area contributed by atoms with Gasteiger partial charge in [0, 0.05) is 21.0 Å². The lowest BCUT2D eigenvalue weighted by atomic mass is 9.83. The molecule has 0 spiro atoms. The van der Waals surface area contributed by atoms with Crippen molar-refractivity contribution in [1.29, 1.82) is 0 Å². The highest BCUT2D eigenvalue weighted by Crippen LogP contribution is 2.43. The first-order valence-electron chi connectivity index (χ1n) is 17.7. The van der Waals surface area contributed by atoms with E-state index < -0.39 is 23.0 Å². The minimum Gasteiger partial charge on any atom is -0.497 e. The average Bonchev–Trinajstić information content (AvgIpc) is 3.55. The van der Waals surface area contributed by atoms with Crippen LogP contribution in [0, 0.1) is 0 Å². The van der Waals surface area contributed by atoms with Gasteiger partial charge in [0.15, 0.2) is 0 Å².